The summed E-state index contributed by atoms with van der Waals surface area (Å²) in [4.78, 5) is 0. The standard InChI is InChI=1S/C9H9BrFN/c10-6-3-7(11)5-9(4-6)12-8-1-2-8/h3-5,8,12H,1-2H2. The van der Waals surface area contributed by atoms with Crippen LogP contribution in [0.3, 0.4) is 0 Å². The van der Waals surface area contributed by atoms with Crippen LogP contribution in [0.5, 0.6) is 0 Å². The molecule has 0 aromatic heterocycles. The fraction of sp³-hybridized carbons (Fsp3) is 0.333. The first-order valence-electron chi connectivity index (χ1n) is 3.97. The number of halogens is 2. The molecule has 0 atom stereocenters. The molecule has 0 heterocycles. The molecule has 0 radical (unpaired) electrons. The molecule has 0 unspecified atom stereocenters. The Morgan fingerprint density at radius 2 is 2.08 bits per heavy atom. The van der Waals surface area contributed by atoms with Crippen LogP contribution in [0.1, 0.15) is 12.8 Å². The average Bonchev–Trinajstić information content (AvgIpc) is 2.68. The van der Waals surface area contributed by atoms with Gasteiger partial charge in [-0.15, -0.1) is 0 Å². The largest absolute Gasteiger partial charge is 0.382 e. The molecule has 1 aliphatic carbocycles. The van der Waals surface area contributed by atoms with Gasteiger partial charge in [-0.05, 0) is 31.0 Å². The Hall–Kier alpha value is -0.570. The van der Waals surface area contributed by atoms with E-state index in [2.05, 4.69) is 21.2 Å². The van der Waals surface area contributed by atoms with Crippen LogP contribution in [0.2, 0.25) is 0 Å². The van der Waals surface area contributed by atoms with Gasteiger partial charge in [-0.25, -0.2) is 4.39 Å². The Morgan fingerprint density at radius 1 is 1.33 bits per heavy atom. The highest BCUT2D eigenvalue weighted by Gasteiger charge is 2.20. The summed E-state index contributed by atoms with van der Waals surface area (Å²) >= 11 is 3.24. The van der Waals surface area contributed by atoms with Gasteiger partial charge in [0.25, 0.3) is 0 Å². The molecule has 0 bridgehead atoms. The molecule has 1 nitrogen and oxygen atoms in total. The highest BCUT2D eigenvalue weighted by atomic mass is 79.9. The SMILES string of the molecule is Fc1cc(Br)cc(NC2CC2)c1. The third-order valence-electron chi connectivity index (χ3n) is 1.81. The van der Waals surface area contributed by atoms with E-state index in [4.69, 9.17) is 0 Å². The van der Waals surface area contributed by atoms with Gasteiger partial charge >= 0.3 is 0 Å². The Kier molecular flexibility index (Phi) is 2.05. The number of hydrogen-bond donors (Lipinski definition) is 1. The van der Waals surface area contributed by atoms with Gasteiger partial charge in [0.1, 0.15) is 5.82 Å². The van der Waals surface area contributed by atoms with Crippen molar-refractivity contribution in [3.05, 3.63) is 28.5 Å². The van der Waals surface area contributed by atoms with Gasteiger partial charge in [0.05, 0.1) is 0 Å². The third kappa shape index (κ3) is 1.97. The molecule has 64 valence electrons. The van der Waals surface area contributed by atoms with Crippen LogP contribution in [0, 0.1) is 5.82 Å². The molecule has 1 aromatic rings. The van der Waals surface area contributed by atoms with Crippen LogP contribution in [0.4, 0.5) is 10.1 Å². The molecule has 0 spiro atoms. The number of benzene rings is 1. The zero-order valence-electron chi connectivity index (χ0n) is 6.48. The Labute approximate surface area is 79.1 Å². The first-order chi connectivity index (χ1) is 5.74. The maximum absolute atomic E-state index is 12.8. The summed E-state index contributed by atoms with van der Waals surface area (Å²) in [5, 5.41) is 3.23. The molecule has 0 aliphatic heterocycles. The molecule has 12 heavy (non-hydrogen) atoms. The summed E-state index contributed by atoms with van der Waals surface area (Å²) in [5.41, 5.74) is 0.865. The number of rotatable bonds is 2. The minimum atomic E-state index is -0.201. The van der Waals surface area contributed by atoms with Crippen molar-refractivity contribution < 1.29 is 4.39 Å². The molecule has 1 saturated carbocycles. The van der Waals surface area contributed by atoms with Gasteiger partial charge in [0.2, 0.25) is 0 Å². The Morgan fingerprint density at radius 3 is 2.67 bits per heavy atom. The highest BCUT2D eigenvalue weighted by molar-refractivity contribution is 9.10. The van der Waals surface area contributed by atoms with E-state index in [0.29, 0.717) is 6.04 Å². The van der Waals surface area contributed by atoms with E-state index in [1.807, 2.05) is 6.07 Å². The maximum Gasteiger partial charge on any atom is 0.126 e. The topological polar surface area (TPSA) is 12.0 Å². The molecule has 3 heteroatoms. The highest BCUT2D eigenvalue weighted by Crippen LogP contribution is 2.26. The van der Waals surface area contributed by atoms with E-state index < -0.39 is 0 Å². The molecular weight excluding hydrogens is 221 g/mol. The summed E-state index contributed by atoms with van der Waals surface area (Å²) in [6, 6.07) is 5.43. The summed E-state index contributed by atoms with van der Waals surface area (Å²) in [6.07, 6.45) is 2.41. The van der Waals surface area contributed by atoms with E-state index in [1.54, 1.807) is 0 Å². The summed E-state index contributed by atoms with van der Waals surface area (Å²) in [7, 11) is 0. The van der Waals surface area contributed by atoms with Crippen molar-refractivity contribution in [3.8, 4) is 0 Å². The van der Waals surface area contributed by atoms with Gasteiger partial charge in [-0.2, -0.15) is 0 Å². The van der Waals surface area contributed by atoms with Gasteiger partial charge < -0.3 is 5.32 Å². The predicted molar refractivity (Wildman–Crippen MR) is 50.7 cm³/mol. The second-order valence-electron chi connectivity index (χ2n) is 3.08. The second-order valence-corrected chi connectivity index (χ2v) is 3.99. The maximum atomic E-state index is 12.8. The normalized spacial score (nSPS) is 16.2. The molecule has 1 aromatic carbocycles. The van der Waals surface area contributed by atoms with Crippen LogP contribution in [-0.4, -0.2) is 6.04 Å². The van der Waals surface area contributed by atoms with Crippen molar-refractivity contribution in [2.75, 3.05) is 5.32 Å². The summed E-state index contributed by atoms with van der Waals surface area (Å²) in [6.45, 7) is 0. The van der Waals surface area contributed by atoms with Gasteiger partial charge in [-0.1, -0.05) is 15.9 Å². The van der Waals surface area contributed by atoms with Crippen molar-refractivity contribution in [2.24, 2.45) is 0 Å². The lowest BCUT2D eigenvalue weighted by atomic mass is 10.3. The molecular formula is C9H9BrFN. The van der Waals surface area contributed by atoms with E-state index in [1.165, 1.54) is 25.0 Å². The Bertz CT molecular complexity index is 276. The fourth-order valence-corrected chi connectivity index (χ4v) is 1.57. The van der Waals surface area contributed by atoms with Crippen LogP contribution in [0.15, 0.2) is 22.7 Å². The minimum absolute atomic E-state index is 0.201. The van der Waals surface area contributed by atoms with Crippen LogP contribution >= 0.6 is 15.9 Å². The zero-order valence-corrected chi connectivity index (χ0v) is 8.07. The van der Waals surface area contributed by atoms with Gasteiger partial charge in [0.15, 0.2) is 0 Å². The van der Waals surface area contributed by atoms with Crippen LogP contribution < -0.4 is 5.32 Å². The van der Waals surface area contributed by atoms with Crippen LogP contribution in [0.25, 0.3) is 0 Å². The first-order valence-corrected chi connectivity index (χ1v) is 4.76. The summed E-state index contributed by atoms with van der Waals surface area (Å²) < 4.78 is 13.6. The molecule has 0 saturated heterocycles. The number of nitrogens with one attached hydrogen (secondary N) is 1. The third-order valence-corrected chi connectivity index (χ3v) is 2.27. The van der Waals surface area contributed by atoms with Crippen molar-refractivity contribution in [1.29, 1.82) is 0 Å². The predicted octanol–water partition coefficient (Wildman–Crippen LogP) is 3.16. The van der Waals surface area contributed by atoms with E-state index in [0.717, 1.165) is 10.2 Å². The molecule has 0 amide bonds. The van der Waals surface area contributed by atoms with Gasteiger partial charge in [-0.3, -0.25) is 0 Å². The van der Waals surface area contributed by atoms with Crippen molar-refractivity contribution >= 4 is 21.6 Å². The van der Waals surface area contributed by atoms with Crippen molar-refractivity contribution in [3.63, 3.8) is 0 Å². The second kappa shape index (κ2) is 3.05. The number of hydrogen-bond acceptors (Lipinski definition) is 1. The molecule has 1 N–H and O–H groups in total. The van der Waals surface area contributed by atoms with Crippen molar-refractivity contribution in [1.82, 2.24) is 0 Å². The van der Waals surface area contributed by atoms with Crippen molar-refractivity contribution in [2.45, 2.75) is 18.9 Å². The van der Waals surface area contributed by atoms with E-state index in [-0.39, 0.29) is 5.82 Å². The summed E-state index contributed by atoms with van der Waals surface area (Å²) in [5.74, 6) is -0.201. The molecule has 1 aliphatic rings. The quantitative estimate of drug-likeness (QED) is 0.822. The molecule has 1 fully saturated rings. The fourth-order valence-electron chi connectivity index (χ4n) is 1.10. The first kappa shape index (κ1) is 8.05. The lowest BCUT2D eigenvalue weighted by Gasteiger charge is -2.04. The number of anilines is 1. The average molecular weight is 230 g/mol. The van der Waals surface area contributed by atoms with Gasteiger partial charge in [0, 0.05) is 16.2 Å². The minimum Gasteiger partial charge on any atom is -0.382 e. The van der Waals surface area contributed by atoms with E-state index >= 15 is 0 Å². The lowest BCUT2D eigenvalue weighted by Crippen LogP contribution is -2.00. The lowest BCUT2D eigenvalue weighted by molar-refractivity contribution is 0.627. The van der Waals surface area contributed by atoms with Crippen LogP contribution in [-0.2, 0) is 0 Å². The zero-order chi connectivity index (χ0) is 8.55. The monoisotopic (exact) mass is 229 g/mol. The smallest absolute Gasteiger partial charge is 0.126 e. The van der Waals surface area contributed by atoms with E-state index in [9.17, 15) is 4.39 Å². The Balaban J connectivity index is 2.18. The molecule has 2 rings (SSSR count).